The number of aromatic amines is 1. The van der Waals surface area contributed by atoms with Crippen molar-refractivity contribution in [2.75, 3.05) is 12.1 Å². The molecule has 3 aromatic rings. The van der Waals surface area contributed by atoms with Crippen LogP contribution in [0.2, 0.25) is 5.02 Å². The first kappa shape index (κ1) is 14.9. The maximum Gasteiger partial charge on any atom is 0.231 e. The van der Waals surface area contributed by atoms with Crippen LogP contribution in [0.1, 0.15) is 11.3 Å². The number of anilines is 1. The van der Waals surface area contributed by atoms with Crippen LogP contribution in [-0.2, 0) is 11.2 Å². The highest BCUT2D eigenvalue weighted by Crippen LogP contribution is 2.34. The second kappa shape index (κ2) is 5.76. The number of nitrogens with one attached hydrogen (secondary N) is 2. The topological polar surface area (TPSA) is 63.4 Å². The number of hydrogen-bond donors (Lipinski definition) is 2. The number of halogens is 1. The van der Waals surface area contributed by atoms with Gasteiger partial charge in [0.15, 0.2) is 11.5 Å². The smallest absolute Gasteiger partial charge is 0.231 e. The number of carbonyl (C=O) groups is 1. The fourth-order valence-electron chi connectivity index (χ4n) is 2.92. The van der Waals surface area contributed by atoms with E-state index in [2.05, 4.69) is 10.3 Å². The predicted molar refractivity (Wildman–Crippen MR) is 92.9 cm³/mol. The fraction of sp³-hybridized carbons (Fsp3) is 0.167. The summed E-state index contributed by atoms with van der Waals surface area (Å²) < 4.78 is 10.6. The van der Waals surface area contributed by atoms with Crippen molar-refractivity contribution in [2.45, 2.75) is 13.3 Å². The van der Waals surface area contributed by atoms with E-state index in [0.717, 1.165) is 22.2 Å². The predicted octanol–water partition coefficient (Wildman–Crippen LogP) is 4.04. The van der Waals surface area contributed by atoms with Gasteiger partial charge in [-0.2, -0.15) is 0 Å². The third-order valence-corrected chi connectivity index (χ3v) is 4.31. The number of rotatable bonds is 3. The van der Waals surface area contributed by atoms with Crippen LogP contribution in [0.5, 0.6) is 11.5 Å². The van der Waals surface area contributed by atoms with Crippen LogP contribution in [0.25, 0.3) is 10.9 Å². The van der Waals surface area contributed by atoms with E-state index in [1.54, 1.807) is 18.2 Å². The summed E-state index contributed by atoms with van der Waals surface area (Å²) in [4.78, 5) is 15.7. The van der Waals surface area contributed by atoms with Crippen LogP contribution in [0.15, 0.2) is 36.4 Å². The molecule has 1 aliphatic heterocycles. The van der Waals surface area contributed by atoms with E-state index in [9.17, 15) is 4.79 Å². The summed E-state index contributed by atoms with van der Waals surface area (Å²) in [5, 5.41) is 4.52. The molecule has 1 amide bonds. The Morgan fingerprint density at radius 2 is 2.04 bits per heavy atom. The molecule has 0 radical (unpaired) electrons. The maximum atomic E-state index is 12.4. The molecule has 122 valence electrons. The first-order valence-corrected chi connectivity index (χ1v) is 7.94. The molecular weight excluding hydrogens is 328 g/mol. The Hall–Kier alpha value is -2.66. The van der Waals surface area contributed by atoms with Gasteiger partial charge in [-0.05, 0) is 42.8 Å². The Kier molecular flexibility index (Phi) is 3.58. The van der Waals surface area contributed by atoms with Gasteiger partial charge in [-0.3, -0.25) is 4.79 Å². The minimum absolute atomic E-state index is 0.0992. The summed E-state index contributed by atoms with van der Waals surface area (Å²) in [6, 6.07) is 11.0. The van der Waals surface area contributed by atoms with Crippen LogP contribution >= 0.6 is 11.6 Å². The van der Waals surface area contributed by atoms with Gasteiger partial charge in [0.1, 0.15) is 0 Å². The standard InChI is InChI=1S/C18H15ClN2O3/c1-10-13(14-6-11(19)2-4-15(14)20-10)8-18(22)21-12-3-5-16-17(7-12)24-9-23-16/h2-7,20H,8-9H2,1H3,(H,21,22). The minimum atomic E-state index is -0.0992. The molecule has 1 aliphatic rings. The van der Waals surface area contributed by atoms with Gasteiger partial charge in [0, 0.05) is 33.4 Å². The molecule has 0 saturated heterocycles. The number of amides is 1. The van der Waals surface area contributed by atoms with Crippen molar-refractivity contribution in [2.24, 2.45) is 0 Å². The summed E-state index contributed by atoms with van der Waals surface area (Å²) in [5.41, 5.74) is 3.57. The lowest BCUT2D eigenvalue weighted by atomic mass is 10.1. The van der Waals surface area contributed by atoms with E-state index in [-0.39, 0.29) is 19.1 Å². The maximum absolute atomic E-state index is 12.4. The Morgan fingerprint density at radius 1 is 1.21 bits per heavy atom. The van der Waals surface area contributed by atoms with E-state index in [4.69, 9.17) is 21.1 Å². The molecule has 1 aromatic heterocycles. The zero-order chi connectivity index (χ0) is 16.7. The van der Waals surface area contributed by atoms with E-state index >= 15 is 0 Å². The minimum Gasteiger partial charge on any atom is -0.454 e. The van der Waals surface area contributed by atoms with Crippen molar-refractivity contribution in [1.29, 1.82) is 0 Å². The number of aryl methyl sites for hydroxylation is 1. The van der Waals surface area contributed by atoms with Crippen LogP contribution in [0.4, 0.5) is 5.69 Å². The fourth-order valence-corrected chi connectivity index (χ4v) is 3.09. The number of hydrogen-bond acceptors (Lipinski definition) is 3. The zero-order valence-corrected chi connectivity index (χ0v) is 13.7. The molecule has 4 rings (SSSR count). The van der Waals surface area contributed by atoms with Crippen LogP contribution < -0.4 is 14.8 Å². The summed E-state index contributed by atoms with van der Waals surface area (Å²) in [6.07, 6.45) is 0.265. The summed E-state index contributed by atoms with van der Waals surface area (Å²) in [5.74, 6) is 1.23. The van der Waals surface area contributed by atoms with Crippen LogP contribution in [0.3, 0.4) is 0 Å². The molecule has 2 N–H and O–H groups in total. The molecule has 0 aliphatic carbocycles. The molecule has 5 nitrogen and oxygen atoms in total. The van der Waals surface area contributed by atoms with Crippen molar-refractivity contribution >= 4 is 34.1 Å². The number of ether oxygens (including phenoxy) is 2. The van der Waals surface area contributed by atoms with Crippen molar-refractivity contribution in [3.05, 3.63) is 52.7 Å². The highest BCUT2D eigenvalue weighted by molar-refractivity contribution is 6.31. The van der Waals surface area contributed by atoms with E-state index in [1.165, 1.54) is 0 Å². The first-order valence-electron chi connectivity index (χ1n) is 7.56. The normalized spacial score (nSPS) is 12.6. The Morgan fingerprint density at radius 3 is 2.92 bits per heavy atom. The van der Waals surface area contributed by atoms with Crippen molar-refractivity contribution in [1.82, 2.24) is 4.98 Å². The molecule has 0 unspecified atom stereocenters. The summed E-state index contributed by atoms with van der Waals surface area (Å²) in [7, 11) is 0. The lowest BCUT2D eigenvalue weighted by Gasteiger charge is -2.07. The van der Waals surface area contributed by atoms with E-state index in [1.807, 2.05) is 25.1 Å². The number of carbonyl (C=O) groups excluding carboxylic acids is 1. The lowest BCUT2D eigenvalue weighted by molar-refractivity contribution is -0.115. The summed E-state index contributed by atoms with van der Waals surface area (Å²) in [6.45, 7) is 2.17. The SMILES string of the molecule is Cc1[nH]c2ccc(Cl)cc2c1CC(=O)Nc1ccc2c(c1)OCO2. The molecule has 2 heterocycles. The second-order valence-electron chi connectivity index (χ2n) is 5.71. The van der Waals surface area contributed by atoms with Gasteiger partial charge in [0.05, 0.1) is 6.42 Å². The average Bonchev–Trinajstić information content (AvgIpc) is 3.12. The number of fused-ring (bicyclic) bond motifs is 2. The Balaban J connectivity index is 1.56. The third kappa shape index (κ3) is 2.67. The summed E-state index contributed by atoms with van der Waals surface area (Å²) >= 11 is 6.08. The molecule has 0 bridgehead atoms. The van der Waals surface area contributed by atoms with Gasteiger partial charge in [-0.25, -0.2) is 0 Å². The highest BCUT2D eigenvalue weighted by Gasteiger charge is 2.16. The largest absolute Gasteiger partial charge is 0.454 e. The van der Waals surface area contributed by atoms with Gasteiger partial charge in [-0.1, -0.05) is 11.6 Å². The van der Waals surface area contributed by atoms with Gasteiger partial charge in [-0.15, -0.1) is 0 Å². The quantitative estimate of drug-likeness (QED) is 0.755. The van der Waals surface area contributed by atoms with Crippen LogP contribution in [-0.4, -0.2) is 17.7 Å². The van der Waals surface area contributed by atoms with Gasteiger partial charge >= 0.3 is 0 Å². The molecule has 0 fully saturated rings. The first-order chi connectivity index (χ1) is 11.6. The van der Waals surface area contributed by atoms with Crippen molar-refractivity contribution in [3.63, 3.8) is 0 Å². The second-order valence-corrected chi connectivity index (χ2v) is 6.15. The van der Waals surface area contributed by atoms with Crippen molar-refractivity contribution in [3.8, 4) is 11.5 Å². The van der Waals surface area contributed by atoms with Crippen molar-refractivity contribution < 1.29 is 14.3 Å². The lowest BCUT2D eigenvalue weighted by Crippen LogP contribution is -2.14. The Labute approximate surface area is 143 Å². The number of H-pyrrole nitrogens is 1. The van der Waals surface area contributed by atoms with Gasteiger partial charge in [0.25, 0.3) is 0 Å². The third-order valence-electron chi connectivity index (χ3n) is 4.08. The Bertz CT molecular complexity index is 949. The average molecular weight is 343 g/mol. The molecule has 24 heavy (non-hydrogen) atoms. The molecule has 2 aromatic carbocycles. The van der Waals surface area contributed by atoms with Gasteiger partial charge in [0.2, 0.25) is 12.7 Å². The number of aromatic nitrogens is 1. The zero-order valence-electron chi connectivity index (χ0n) is 13.0. The molecule has 0 spiro atoms. The van der Waals surface area contributed by atoms with Crippen LogP contribution in [0, 0.1) is 6.92 Å². The van der Waals surface area contributed by atoms with E-state index in [0.29, 0.717) is 22.2 Å². The van der Waals surface area contributed by atoms with E-state index < -0.39 is 0 Å². The highest BCUT2D eigenvalue weighted by atomic mass is 35.5. The monoisotopic (exact) mass is 342 g/mol. The molecular formula is C18H15ClN2O3. The molecule has 6 heteroatoms. The molecule has 0 saturated carbocycles. The number of benzene rings is 2. The molecule has 0 atom stereocenters. The van der Waals surface area contributed by atoms with Gasteiger partial charge < -0.3 is 19.8 Å².